The normalized spacial score (nSPS) is 16.9. The lowest BCUT2D eigenvalue weighted by Gasteiger charge is -2.31. The molecule has 1 saturated heterocycles. The number of nitrogens with zero attached hydrogens (tertiary/aromatic N) is 2. The first-order chi connectivity index (χ1) is 14.8. The summed E-state index contributed by atoms with van der Waals surface area (Å²) >= 11 is 0. The summed E-state index contributed by atoms with van der Waals surface area (Å²) in [5.74, 6) is -1.73. The predicted molar refractivity (Wildman–Crippen MR) is 106 cm³/mol. The first-order valence-electron chi connectivity index (χ1n) is 9.36. The zero-order valence-electron chi connectivity index (χ0n) is 16.9. The van der Waals surface area contributed by atoms with E-state index in [2.05, 4.69) is 0 Å². The van der Waals surface area contributed by atoms with Gasteiger partial charge in [0.25, 0.3) is 0 Å². The van der Waals surface area contributed by atoms with Crippen LogP contribution in [0.5, 0.6) is 0 Å². The Morgan fingerprint density at radius 1 is 0.968 bits per heavy atom. The fourth-order valence-electron chi connectivity index (χ4n) is 3.27. The molecule has 31 heavy (non-hydrogen) atoms. The lowest BCUT2D eigenvalue weighted by atomic mass is 10.1. The van der Waals surface area contributed by atoms with Crippen LogP contribution in [0.4, 0.5) is 24.5 Å². The molecule has 0 spiro atoms. The van der Waals surface area contributed by atoms with Gasteiger partial charge in [-0.15, -0.1) is 0 Å². The van der Waals surface area contributed by atoms with E-state index in [0.29, 0.717) is 32.0 Å². The van der Waals surface area contributed by atoms with Crippen molar-refractivity contribution in [2.24, 2.45) is 0 Å². The van der Waals surface area contributed by atoms with Crippen molar-refractivity contribution in [1.29, 1.82) is 0 Å². The molecule has 0 bridgehead atoms. The highest BCUT2D eigenvalue weighted by Gasteiger charge is 2.34. The van der Waals surface area contributed by atoms with Gasteiger partial charge < -0.3 is 24.0 Å². The van der Waals surface area contributed by atoms with Crippen molar-refractivity contribution in [2.45, 2.75) is 6.18 Å². The fourth-order valence-corrected chi connectivity index (χ4v) is 3.27. The lowest BCUT2D eigenvalue weighted by molar-refractivity contribution is -0.139. The summed E-state index contributed by atoms with van der Waals surface area (Å²) in [6, 6.07) is 3.49. The van der Waals surface area contributed by atoms with Crippen LogP contribution in [-0.2, 0) is 30.0 Å². The van der Waals surface area contributed by atoms with Gasteiger partial charge in [0.05, 0.1) is 38.6 Å². The average molecular weight is 438 g/mol. The number of allylic oxidation sites excluding steroid dienone is 2. The molecule has 3 rings (SSSR count). The van der Waals surface area contributed by atoms with Crippen LogP contribution in [0.2, 0.25) is 0 Å². The number of ether oxygens (including phenoxy) is 3. The maximum atomic E-state index is 13.7. The highest BCUT2D eigenvalue weighted by molar-refractivity contribution is 6.05. The predicted octanol–water partition coefficient (Wildman–Crippen LogP) is 3.03. The van der Waals surface area contributed by atoms with Crippen LogP contribution in [0.15, 0.2) is 53.9 Å². The minimum absolute atomic E-state index is 0.0399. The van der Waals surface area contributed by atoms with Crippen LogP contribution in [0.25, 0.3) is 0 Å². The largest absolute Gasteiger partial charge is 0.465 e. The molecule has 0 aromatic heterocycles. The second kappa shape index (κ2) is 9.25. The third-order valence-corrected chi connectivity index (χ3v) is 4.77. The molecule has 1 aromatic rings. The van der Waals surface area contributed by atoms with Gasteiger partial charge in [-0.05, 0) is 30.4 Å². The van der Waals surface area contributed by atoms with Crippen molar-refractivity contribution in [1.82, 2.24) is 0 Å². The number of alkyl halides is 3. The Bertz CT molecular complexity index is 947. The number of rotatable bonds is 4. The summed E-state index contributed by atoms with van der Waals surface area (Å²) in [6.07, 6.45) is 1.08. The Morgan fingerprint density at radius 3 is 2.23 bits per heavy atom. The molecule has 0 amide bonds. The number of benzene rings is 1. The van der Waals surface area contributed by atoms with Gasteiger partial charge in [-0.1, -0.05) is 6.08 Å². The zero-order chi connectivity index (χ0) is 22.6. The van der Waals surface area contributed by atoms with Gasteiger partial charge in [-0.25, -0.2) is 9.59 Å². The molecule has 1 fully saturated rings. The number of halogens is 3. The molecule has 2 aliphatic rings. The molecule has 0 aliphatic carbocycles. The Balaban J connectivity index is 2.20. The van der Waals surface area contributed by atoms with Gasteiger partial charge in [0.15, 0.2) is 0 Å². The molecule has 10 heteroatoms. The summed E-state index contributed by atoms with van der Waals surface area (Å²) in [6.45, 7) is 1.62. The minimum Gasteiger partial charge on any atom is -0.465 e. The van der Waals surface area contributed by atoms with E-state index in [4.69, 9.17) is 14.2 Å². The number of carbonyl (C=O) groups is 2. The van der Waals surface area contributed by atoms with Crippen molar-refractivity contribution >= 4 is 23.3 Å². The van der Waals surface area contributed by atoms with E-state index in [1.165, 1.54) is 35.4 Å². The first-order valence-corrected chi connectivity index (χ1v) is 9.36. The maximum Gasteiger partial charge on any atom is 0.416 e. The lowest BCUT2D eigenvalue weighted by Crippen LogP contribution is -2.36. The molecule has 0 saturated carbocycles. The molecule has 7 nitrogen and oxygen atoms in total. The molecule has 0 radical (unpaired) electrons. The number of carbonyl (C=O) groups excluding carboxylic acids is 2. The Labute approximate surface area is 177 Å². The second-order valence-corrected chi connectivity index (χ2v) is 6.65. The second-order valence-electron chi connectivity index (χ2n) is 6.65. The molecule has 0 N–H and O–H groups in total. The van der Waals surface area contributed by atoms with E-state index in [1.54, 1.807) is 4.90 Å². The van der Waals surface area contributed by atoms with Crippen molar-refractivity contribution in [3.05, 3.63) is 59.5 Å². The van der Waals surface area contributed by atoms with Crippen LogP contribution in [0.3, 0.4) is 0 Å². The molecule has 2 heterocycles. The van der Waals surface area contributed by atoms with Crippen molar-refractivity contribution in [3.8, 4) is 0 Å². The maximum absolute atomic E-state index is 13.7. The summed E-state index contributed by atoms with van der Waals surface area (Å²) in [4.78, 5) is 27.8. The van der Waals surface area contributed by atoms with Crippen LogP contribution in [-0.4, -0.2) is 52.5 Å². The molecule has 0 unspecified atom stereocenters. The summed E-state index contributed by atoms with van der Waals surface area (Å²) in [5.41, 5.74) is -0.933. The zero-order valence-corrected chi connectivity index (χ0v) is 16.9. The number of methoxy groups -OCH3 is 2. The minimum atomic E-state index is -4.62. The highest BCUT2D eigenvalue weighted by Crippen LogP contribution is 2.37. The van der Waals surface area contributed by atoms with Crippen LogP contribution in [0.1, 0.15) is 5.56 Å². The Morgan fingerprint density at radius 2 is 1.61 bits per heavy atom. The number of anilines is 2. The van der Waals surface area contributed by atoms with E-state index in [9.17, 15) is 22.8 Å². The van der Waals surface area contributed by atoms with Crippen LogP contribution < -0.4 is 9.80 Å². The molecule has 0 atom stereocenters. The van der Waals surface area contributed by atoms with Crippen molar-refractivity contribution in [2.75, 3.05) is 50.3 Å². The Hall–Kier alpha value is -3.27. The number of esters is 2. The molecular weight excluding hydrogens is 417 g/mol. The van der Waals surface area contributed by atoms with Gasteiger partial charge >= 0.3 is 18.1 Å². The summed E-state index contributed by atoms with van der Waals surface area (Å²) in [5, 5.41) is 0. The Kier molecular flexibility index (Phi) is 6.69. The fraction of sp³-hybridized carbons (Fsp3) is 0.333. The smallest absolute Gasteiger partial charge is 0.416 e. The first kappa shape index (κ1) is 22.4. The SMILES string of the molecule is COC(=O)C1=C(C(=O)OC)N(c2cc(N3CCOCC3)cc(C(F)(F)F)c2)C=CC=C1. The number of hydrogen-bond acceptors (Lipinski definition) is 7. The molecule has 2 aliphatic heterocycles. The molecular formula is C21H21F3N2O5. The quantitative estimate of drug-likeness (QED) is 0.670. The van der Waals surface area contributed by atoms with Crippen molar-refractivity contribution < 1.29 is 37.0 Å². The molecule has 1 aromatic carbocycles. The summed E-state index contributed by atoms with van der Waals surface area (Å²) < 4.78 is 55.8. The van der Waals surface area contributed by atoms with E-state index in [-0.39, 0.29) is 17.0 Å². The summed E-state index contributed by atoms with van der Waals surface area (Å²) in [7, 11) is 2.26. The van der Waals surface area contributed by atoms with Crippen LogP contribution in [0, 0.1) is 0 Å². The molecule has 166 valence electrons. The van der Waals surface area contributed by atoms with E-state index in [1.807, 2.05) is 0 Å². The van der Waals surface area contributed by atoms with E-state index < -0.39 is 23.7 Å². The van der Waals surface area contributed by atoms with Gasteiger partial charge in [0.1, 0.15) is 5.70 Å². The van der Waals surface area contributed by atoms with Crippen LogP contribution >= 0.6 is 0 Å². The topological polar surface area (TPSA) is 68.3 Å². The van der Waals surface area contributed by atoms with Gasteiger partial charge in [-0.2, -0.15) is 13.2 Å². The van der Waals surface area contributed by atoms with Gasteiger partial charge in [0.2, 0.25) is 0 Å². The average Bonchev–Trinajstić information content (AvgIpc) is 3.00. The van der Waals surface area contributed by atoms with E-state index >= 15 is 0 Å². The third kappa shape index (κ3) is 4.91. The number of morpholine rings is 1. The van der Waals surface area contributed by atoms with Crippen molar-refractivity contribution in [3.63, 3.8) is 0 Å². The van der Waals surface area contributed by atoms with E-state index in [0.717, 1.165) is 26.4 Å². The van der Waals surface area contributed by atoms with Gasteiger partial charge in [0, 0.05) is 30.7 Å². The third-order valence-electron chi connectivity index (χ3n) is 4.77. The number of hydrogen-bond donors (Lipinski definition) is 0. The highest BCUT2D eigenvalue weighted by atomic mass is 19.4. The standard InChI is InChI=1S/C21H21F3N2O5/c1-29-19(27)17-5-3-4-6-26(18(17)20(28)30-2)16-12-14(21(22,23)24)11-15(13-16)25-7-9-31-10-8-25/h3-6,11-13H,7-10H2,1-2H3. The monoisotopic (exact) mass is 438 g/mol. The van der Waals surface area contributed by atoms with Gasteiger partial charge in [-0.3, -0.25) is 0 Å².